The minimum Gasteiger partial charge on any atom is -0.347 e. The Morgan fingerprint density at radius 2 is 1.73 bits per heavy atom. The second kappa shape index (κ2) is 7.31. The first-order valence-corrected chi connectivity index (χ1v) is 6.94. The molecule has 0 radical (unpaired) electrons. The van der Waals surface area contributed by atoms with Crippen LogP contribution >= 0.6 is 0 Å². The van der Waals surface area contributed by atoms with E-state index in [0.717, 1.165) is 18.2 Å². The number of anilines is 1. The molecule has 22 heavy (non-hydrogen) atoms. The second-order valence-electron chi connectivity index (χ2n) is 6.28. The molecule has 0 spiro atoms. The van der Waals surface area contributed by atoms with Gasteiger partial charge in [-0.3, -0.25) is 9.59 Å². The van der Waals surface area contributed by atoms with Crippen LogP contribution < -0.4 is 15.5 Å². The van der Waals surface area contributed by atoms with Gasteiger partial charge in [0.15, 0.2) is 13.1 Å². The van der Waals surface area contributed by atoms with E-state index >= 15 is 0 Å². The molecule has 0 aliphatic carbocycles. The minimum absolute atomic E-state index is 0.0342. The van der Waals surface area contributed by atoms with Gasteiger partial charge in [0.25, 0.3) is 11.8 Å². The maximum atomic E-state index is 13.4. The average Bonchev–Trinajstić information content (AvgIpc) is 2.30. The Morgan fingerprint density at radius 1 is 1.14 bits per heavy atom. The van der Waals surface area contributed by atoms with Crippen molar-refractivity contribution in [3.8, 4) is 0 Å². The third-order valence-electron chi connectivity index (χ3n) is 2.64. The van der Waals surface area contributed by atoms with Crippen LogP contribution in [0.2, 0.25) is 0 Å². The predicted molar refractivity (Wildman–Crippen MR) is 79.5 cm³/mol. The lowest BCUT2D eigenvalue weighted by Gasteiger charge is -2.21. The largest absolute Gasteiger partial charge is 0.347 e. The number of likely N-dealkylation sites (N-methyl/N-ethyl adjacent to an activating group) is 1. The van der Waals surface area contributed by atoms with Crippen LogP contribution in [0, 0.1) is 11.6 Å². The topological polar surface area (TPSA) is 62.6 Å². The third-order valence-corrected chi connectivity index (χ3v) is 2.64. The van der Waals surface area contributed by atoms with Gasteiger partial charge in [-0.25, -0.2) is 8.78 Å². The summed E-state index contributed by atoms with van der Waals surface area (Å²) in [5.74, 6) is -2.03. The highest BCUT2D eigenvalue weighted by Crippen LogP contribution is 2.14. The quantitative estimate of drug-likeness (QED) is 0.734. The van der Waals surface area contributed by atoms with Gasteiger partial charge >= 0.3 is 0 Å². The molecule has 0 aliphatic rings. The standard InChI is InChI=1S/C15H21F2N3O2/c1-15(2,3)19-14(22)9-20(4)8-13(21)18-12-7-10(16)5-6-11(12)17/h5-7H,8-9H2,1-4H3,(H,18,21)(H,19,22)/p+1. The summed E-state index contributed by atoms with van der Waals surface area (Å²) in [6.07, 6.45) is 0. The molecule has 5 nitrogen and oxygen atoms in total. The van der Waals surface area contributed by atoms with Gasteiger partial charge in [0.2, 0.25) is 0 Å². The predicted octanol–water partition coefficient (Wildman–Crippen LogP) is 0.333. The van der Waals surface area contributed by atoms with Crippen molar-refractivity contribution in [1.29, 1.82) is 0 Å². The van der Waals surface area contributed by atoms with Crippen molar-refractivity contribution in [3.63, 3.8) is 0 Å². The molecular weight excluding hydrogens is 292 g/mol. The first-order chi connectivity index (χ1) is 10.1. The van der Waals surface area contributed by atoms with Crippen LogP contribution in [0.3, 0.4) is 0 Å². The van der Waals surface area contributed by atoms with Crippen molar-refractivity contribution in [1.82, 2.24) is 5.32 Å². The van der Waals surface area contributed by atoms with Crippen LogP contribution in [-0.2, 0) is 9.59 Å². The van der Waals surface area contributed by atoms with Crippen LogP contribution in [0.1, 0.15) is 20.8 Å². The maximum absolute atomic E-state index is 13.4. The number of amides is 2. The Bertz CT molecular complexity index is 556. The zero-order valence-electron chi connectivity index (χ0n) is 13.2. The molecule has 1 aromatic carbocycles. The van der Waals surface area contributed by atoms with Crippen LogP contribution in [0.4, 0.5) is 14.5 Å². The second-order valence-corrected chi connectivity index (χ2v) is 6.28. The van der Waals surface area contributed by atoms with E-state index in [9.17, 15) is 18.4 Å². The van der Waals surface area contributed by atoms with E-state index < -0.39 is 17.5 Å². The molecule has 122 valence electrons. The number of rotatable bonds is 5. The van der Waals surface area contributed by atoms with E-state index in [1.807, 2.05) is 20.8 Å². The fraction of sp³-hybridized carbons (Fsp3) is 0.467. The molecule has 0 aromatic heterocycles. The van der Waals surface area contributed by atoms with E-state index in [-0.39, 0.29) is 30.2 Å². The first-order valence-electron chi connectivity index (χ1n) is 6.94. The number of carbonyl (C=O) groups is 2. The van der Waals surface area contributed by atoms with Gasteiger partial charge in [0.1, 0.15) is 11.6 Å². The lowest BCUT2D eigenvalue weighted by atomic mass is 10.1. The summed E-state index contributed by atoms with van der Waals surface area (Å²) < 4.78 is 26.4. The van der Waals surface area contributed by atoms with E-state index in [1.165, 1.54) is 0 Å². The molecule has 0 fully saturated rings. The minimum atomic E-state index is -0.710. The smallest absolute Gasteiger partial charge is 0.279 e. The van der Waals surface area contributed by atoms with Gasteiger partial charge in [0.05, 0.1) is 12.7 Å². The van der Waals surface area contributed by atoms with Gasteiger partial charge < -0.3 is 15.5 Å². The number of quaternary nitrogens is 1. The first kappa shape index (κ1) is 18.0. The average molecular weight is 314 g/mol. The van der Waals surface area contributed by atoms with Crippen molar-refractivity contribution in [2.45, 2.75) is 26.3 Å². The maximum Gasteiger partial charge on any atom is 0.279 e. The molecule has 0 bridgehead atoms. The SMILES string of the molecule is C[NH+](CC(=O)Nc1cc(F)ccc1F)CC(=O)NC(C)(C)C. The molecule has 0 saturated heterocycles. The van der Waals surface area contributed by atoms with E-state index in [1.54, 1.807) is 7.05 Å². The Kier molecular flexibility index (Phi) is 5.99. The highest BCUT2D eigenvalue weighted by molar-refractivity contribution is 5.91. The summed E-state index contributed by atoms with van der Waals surface area (Å²) in [4.78, 5) is 24.2. The molecule has 7 heteroatoms. The summed E-state index contributed by atoms with van der Waals surface area (Å²) in [7, 11) is 1.67. The molecule has 2 amide bonds. The molecule has 1 rings (SSSR count). The summed E-state index contributed by atoms with van der Waals surface area (Å²) in [5, 5.41) is 5.09. The number of nitrogens with one attached hydrogen (secondary N) is 3. The lowest BCUT2D eigenvalue weighted by Crippen LogP contribution is -3.11. The van der Waals surface area contributed by atoms with Gasteiger partial charge in [-0.1, -0.05) is 0 Å². The summed E-state index contributed by atoms with van der Waals surface area (Å²) in [6, 6.07) is 2.83. The molecule has 1 aromatic rings. The van der Waals surface area contributed by atoms with Gasteiger partial charge in [0, 0.05) is 11.6 Å². The highest BCUT2D eigenvalue weighted by Gasteiger charge is 2.19. The fourth-order valence-electron chi connectivity index (χ4n) is 1.86. The van der Waals surface area contributed by atoms with Crippen LogP contribution in [0.25, 0.3) is 0 Å². The van der Waals surface area contributed by atoms with Crippen molar-refractivity contribution >= 4 is 17.5 Å². The van der Waals surface area contributed by atoms with Crippen molar-refractivity contribution in [3.05, 3.63) is 29.8 Å². The molecule has 1 unspecified atom stereocenters. The Hall–Kier alpha value is -2.02. The Balaban J connectivity index is 2.51. The van der Waals surface area contributed by atoms with Crippen LogP contribution in [0.5, 0.6) is 0 Å². The van der Waals surface area contributed by atoms with E-state index in [4.69, 9.17) is 0 Å². The molecule has 0 saturated carbocycles. The number of carbonyl (C=O) groups excluding carboxylic acids is 2. The van der Waals surface area contributed by atoms with Crippen molar-refractivity contribution in [2.24, 2.45) is 0 Å². The summed E-state index contributed by atoms with van der Waals surface area (Å²) in [5.41, 5.74) is -0.554. The normalized spacial score (nSPS) is 12.6. The lowest BCUT2D eigenvalue weighted by molar-refractivity contribution is -0.862. The fourth-order valence-corrected chi connectivity index (χ4v) is 1.86. The van der Waals surface area contributed by atoms with Crippen molar-refractivity contribution < 1.29 is 23.3 Å². The van der Waals surface area contributed by atoms with E-state index in [2.05, 4.69) is 10.6 Å². The molecule has 3 N–H and O–H groups in total. The number of hydrogen-bond donors (Lipinski definition) is 3. The van der Waals surface area contributed by atoms with Crippen molar-refractivity contribution in [2.75, 3.05) is 25.5 Å². The summed E-state index contributed by atoms with van der Waals surface area (Å²) in [6.45, 7) is 5.66. The summed E-state index contributed by atoms with van der Waals surface area (Å²) >= 11 is 0. The molecular formula is C15H22F2N3O2+. The third kappa shape index (κ3) is 6.62. The molecule has 0 heterocycles. The van der Waals surface area contributed by atoms with Gasteiger partial charge in [-0.05, 0) is 32.9 Å². The number of halogens is 2. The number of benzene rings is 1. The zero-order chi connectivity index (χ0) is 16.9. The molecule has 0 aliphatic heterocycles. The number of hydrogen-bond acceptors (Lipinski definition) is 2. The zero-order valence-corrected chi connectivity index (χ0v) is 13.2. The van der Waals surface area contributed by atoms with Gasteiger partial charge in [-0.15, -0.1) is 0 Å². The van der Waals surface area contributed by atoms with Gasteiger partial charge in [-0.2, -0.15) is 0 Å². The van der Waals surface area contributed by atoms with Crippen LogP contribution in [0.15, 0.2) is 18.2 Å². The van der Waals surface area contributed by atoms with E-state index in [0.29, 0.717) is 4.90 Å². The highest BCUT2D eigenvalue weighted by atomic mass is 19.1. The molecule has 1 atom stereocenters. The Morgan fingerprint density at radius 3 is 2.32 bits per heavy atom. The Labute approximate surface area is 128 Å². The monoisotopic (exact) mass is 314 g/mol. The van der Waals surface area contributed by atoms with Crippen LogP contribution in [-0.4, -0.2) is 37.5 Å².